The summed E-state index contributed by atoms with van der Waals surface area (Å²) in [5.41, 5.74) is 2.25. The first kappa shape index (κ1) is 18.5. The van der Waals surface area contributed by atoms with Gasteiger partial charge in [-0.1, -0.05) is 12.1 Å². The Kier molecular flexibility index (Phi) is 6.36. The molecule has 0 aromatic heterocycles. The molecule has 140 valence electrons. The van der Waals surface area contributed by atoms with E-state index >= 15 is 0 Å². The summed E-state index contributed by atoms with van der Waals surface area (Å²) >= 11 is 0. The van der Waals surface area contributed by atoms with E-state index in [1.54, 1.807) is 24.1 Å². The maximum Gasteiger partial charge on any atom is 0.128 e. The van der Waals surface area contributed by atoms with Gasteiger partial charge in [-0.3, -0.25) is 0 Å². The van der Waals surface area contributed by atoms with Crippen LogP contribution in [0.15, 0.2) is 42.5 Å². The van der Waals surface area contributed by atoms with Crippen molar-refractivity contribution in [3.8, 4) is 17.2 Å². The first-order chi connectivity index (χ1) is 12.7. The smallest absolute Gasteiger partial charge is 0.128 e. The van der Waals surface area contributed by atoms with Crippen LogP contribution in [-0.2, 0) is 13.1 Å². The molecule has 1 heterocycles. The molecule has 5 heteroatoms. The second kappa shape index (κ2) is 8.92. The van der Waals surface area contributed by atoms with Crippen LogP contribution in [0.4, 0.5) is 0 Å². The minimum atomic E-state index is 0.360. The van der Waals surface area contributed by atoms with Crippen molar-refractivity contribution in [2.75, 3.05) is 39.9 Å². The van der Waals surface area contributed by atoms with E-state index in [-0.39, 0.29) is 0 Å². The number of benzene rings is 2. The van der Waals surface area contributed by atoms with Gasteiger partial charge < -0.3 is 24.4 Å². The van der Waals surface area contributed by atoms with Gasteiger partial charge in [-0.15, -0.1) is 0 Å². The Morgan fingerprint density at radius 2 is 1.58 bits per heavy atom. The molecule has 0 unspecified atom stereocenters. The van der Waals surface area contributed by atoms with Crippen molar-refractivity contribution in [1.82, 2.24) is 0 Å². The minimum Gasteiger partial charge on any atom is -0.507 e. The zero-order valence-corrected chi connectivity index (χ0v) is 15.8. The van der Waals surface area contributed by atoms with Crippen LogP contribution in [-0.4, -0.2) is 45.0 Å². The molecule has 0 bridgehead atoms. The molecule has 26 heavy (non-hydrogen) atoms. The molecule has 0 radical (unpaired) electrons. The predicted molar refractivity (Wildman–Crippen MR) is 101 cm³/mol. The highest BCUT2D eigenvalue weighted by Gasteiger charge is 2.24. The van der Waals surface area contributed by atoms with Crippen LogP contribution in [0.25, 0.3) is 0 Å². The molecule has 2 aromatic carbocycles. The molecule has 0 spiro atoms. The standard InChI is InChI=1S/C21H28N2O3/c1-3-26-21-7-5-4-6-17(21)15-22-10-12-23(13-11-22)16-18-14-19(25-2)8-9-20(18)24/h4-9,14,24H,3,10-13,15-16H2,1-2H3/p+2. The molecule has 1 saturated heterocycles. The lowest BCUT2D eigenvalue weighted by Crippen LogP contribution is -3.27. The Hall–Kier alpha value is -2.24. The fourth-order valence-corrected chi connectivity index (χ4v) is 3.63. The third-order valence-electron chi connectivity index (χ3n) is 5.10. The first-order valence-corrected chi connectivity index (χ1v) is 9.43. The largest absolute Gasteiger partial charge is 0.507 e. The number of methoxy groups -OCH3 is 1. The van der Waals surface area contributed by atoms with Crippen LogP contribution in [0, 0.1) is 0 Å². The van der Waals surface area contributed by atoms with Crippen molar-refractivity contribution in [3.05, 3.63) is 53.6 Å². The molecule has 0 aliphatic carbocycles. The van der Waals surface area contributed by atoms with E-state index in [0.29, 0.717) is 12.4 Å². The Morgan fingerprint density at radius 1 is 0.923 bits per heavy atom. The number of piperazine rings is 1. The molecule has 0 amide bonds. The van der Waals surface area contributed by atoms with Gasteiger partial charge in [0.1, 0.15) is 56.5 Å². The number of phenols is 1. The van der Waals surface area contributed by atoms with Gasteiger partial charge in [0.05, 0.1) is 19.3 Å². The minimum absolute atomic E-state index is 0.360. The number of hydrogen-bond donors (Lipinski definition) is 3. The van der Waals surface area contributed by atoms with Crippen molar-refractivity contribution < 1.29 is 24.4 Å². The molecular weight excluding hydrogens is 328 g/mol. The average molecular weight is 358 g/mol. The van der Waals surface area contributed by atoms with Gasteiger partial charge in [0.15, 0.2) is 0 Å². The van der Waals surface area contributed by atoms with Crippen LogP contribution in [0.5, 0.6) is 17.2 Å². The Balaban J connectivity index is 1.55. The van der Waals surface area contributed by atoms with Gasteiger partial charge >= 0.3 is 0 Å². The Bertz CT molecular complexity index is 712. The number of phenolic OH excluding ortho intramolecular Hbond substituents is 1. The summed E-state index contributed by atoms with van der Waals surface area (Å²) in [4.78, 5) is 3.10. The van der Waals surface area contributed by atoms with Crippen molar-refractivity contribution >= 4 is 0 Å². The van der Waals surface area contributed by atoms with E-state index in [1.165, 1.54) is 10.5 Å². The zero-order valence-electron chi connectivity index (χ0n) is 15.8. The lowest BCUT2D eigenvalue weighted by Gasteiger charge is -2.30. The molecule has 5 nitrogen and oxygen atoms in total. The molecular formula is C21H30N2O3+2. The zero-order chi connectivity index (χ0) is 18.4. The van der Waals surface area contributed by atoms with E-state index in [9.17, 15) is 5.11 Å². The first-order valence-electron chi connectivity index (χ1n) is 9.43. The van der Waals surface area contributed by atoms with Crippen molar-refractivity contribution in [2.24, 2.45) is 0 Å². The molecule has 1 aliphatic rings. The lowest BCUT2D eigenvalue weighted by molar-refractivity contribution is -1.02. The van der Waals surface area contributed by atoms with Crippen LogP contribution in [0.1, 0.15) is 18.1 Å². The number of quaternary nitrogens is 2. The Morgan fingerprint density at radius 3 is 2.23 bits per heavy atom. The number of rotatable bonds is 7. The second-order valence-electron chi connectivity index (χ2n) is 6.89. The quantitative estimate of drug-likeness (QED) is 0.667. The number of nitrogens with one attached hydrogen (secondary N) is 2. The average Bonchev–Trinajstić information content (AvgIpc) is 2.67. The number of para-hydroxylation sites is 1. The summed E-state index contributed by atoms with van der Waals surface area (Å²) in [6, 6.07) is 13.8. The van der Waals surface area contributed by atoms with Crippen LogP contribution >= 0.6 is 0 Å². The fraction of sp³-hybridized carbons (Fsp3) is 0.429. The molecule has 3 rings (SSSR count). The molecule has 0 saturated carbocycles. The monoisotopic (exact) mass is 358 g/mol. The fourth-order valence-electron chi connectivity index (χ4n) is 3.63. The van der Waals surface area contributed by atoms with Gasteiger partial charge in [-0.25, -0.2) is 0 Å². The van der Waals surface area contributed by atoms with E-state index in [2.05, 4.69) is 18.2 Å². The topological polar surface area (TPSA) is 47.6 Å². The molecule has 1 aliphatic heterocycles. The third-order valence-corrected chi connectivity index (χ3v) is 5.10. The summed E-state index contributed by atoms with van der Waals surface area (Å²) in [5, 5.41) is 10.1. The summed E-state index contributed by atoms with van der Waals surface area (Å²) in [5.74, 6) is 2.17. The van der Waals surface area contributed by atoms with E-state index in [4.69, 9.17) is 9.47 Å². The van der Waals surface area contributed by atoms with E-state index in [1.807, 2.05) is 19.1 Å². The van der Waals surface area contributed by atoms with E-state index in [0.717, 1.165) is 56.3 Å². The maximum atomic E-state index is 10.1. The van der Waals surface area contributed by atoms with Crippen LogP contribution < -0.4 is 19.3 Å². The summed E-state index contributed by atoms with van der Waals surface area (Å²) in [6.07, 6.45) is 0. The summed E-state index contributed by atoms with van der Waals surface area (Å²) in [7, 11) is 1.66. The van der Waals surface area contributed by atoms with Crippen molar-refractivity contribution in [3.63, 3.8) is 0 Å². The van der Waals surface area contributed by atoms with Crippen LogP contribution in [0.3, 0.4) is 0 Å². The summed E-state index contributed by atoms with van der Waals surface area (Å²) < 4.78 is 11.0. The highest BCUT2D eigenvalue weighted by molar-refractivity contribution is 5.38. The lowest BCUT2D eigenvalue weighted by atomic mass is 10.1. The Labute approximate surface area is 155 Å². The van der Waals surface area contributed by atoms with Gasteiger partial charge in [0, 0.05) is 5.56 Å². The number of hydrogen-bond acceptors (Lipinski definition) is 3. The van der Waals surface area contributed by atoms with Crippen LogP contribution in [0.2, 0.25) is 0 Å². The molecule has 3 N–H and O–H groups in total. The number of aromatic hydroxyl groups is 1. The molecule has 2 aromatic rings. The van der Waals surface area contributed by atoms with Crippen molar-refractivity contribution in [1.29, 1.82) is 0 Å². The van der Waals surface area contributed by atoms with Gasteiger partial charge in [0.25, 0.3) is 0 Å². The third kappa shape index (κ3) is 4.68. The maximum absolute atomic E-state index is 10.1. The van der Waals surface area contributed by atoms with E-state index < -0.39 is 0 Å². The SMILES string of the molecule is CCOc1ccccc1C[NH+]1CC[NH+](Cc2cc(OC)ccc2O)CC1. The van der Waals surface area contributed by atoms with Gasteiger partial charge in [-0.05, 0) is 37.3 Å². The molecule has 1 fully saturated rings. The second-order valence-corrected chi connectivity index (χ2v) is 6.89. The van der Waals surface area contributed by atoms with Gasteiger partial charge in [0.2, 0.25) is 0 Å². The molecule has 0 atom stereocenters. The highest BCUT2D eigenvalue weighted by Crippen LogP contribution is 2.22. The normalized spacial score (nSPS) is 19.9. The van der Waals surface area contributed by atoms with Crippen molar-refractivity contribution in [2.45, 2.75) is 20.0 Å². The highest BCUT2D eigenvalue weighted by atomic mass is 16.5. The summed E-state index contributed by atoms with van der Waals surface area (Å²) in [6.45, 7) is 9.03. The number of ether oxygens (including phenoxy) is 2. The predicted octanol–water partition coefficient (Wildman–Crippen LogP) is 0.283. The van der Waals surface area contributed by atoms with Gasteiger partial charge in [-0.2, -0.15) is 0 Å².